The van der Waals surface area contributed by atoms with Gasteiger partial charge in [-0.3, -0.25) is 4.79 Å². The van der Waals surface area contributed by atoms with E-state index in [0.717, 1.165) is 56.1 Å². The average Bonchev–Trinajstić information content (AvgIpc) is 3.22. The molecule has 5 nitrogen and oxygen atoms in total. The minimum atomic E-state index is 0.147. The Labute approximate surface area is 131 Å². The number of nitrogens with zero attached hydrogens (tertiary/aromatic N) is 4. The van der Waals surface area contributed by atoms with E-state index >= 15 is 0 Å². The van der Waals surface area contributed by atoms with Crippen molar-refractivity contribution in [3.8, 4) is 0 Å². The number of hydrogen-bond acceptors (Lipinski definition) is 4. The van der Waals surface area contributed by atoms with Crippen molar-refractivity contribution < 1.29 is 4.79 Å². The van der Waals surface area contributed by atoms with Crippen LogP contribution in [0.5, 0.6) is 0 Å². The average molecular weight is 300 g/mol. The molecule has 3 heterocycles. The van der Waals surface area contributed by atoms with E-state index in [4.69, 9.17) is 0 Å². The molecular formula is C17H24N4O. The number of hydrogen-bond donors (Lipinski definition) is 0. The van der Waals surface area contributed by atoms with Gasteiger partial charge in [-0.25, -0.2) is 9.97 Å². The Balaban J connectivity index is 1.39. The predicted molar refractivity (Wildman–Crippen MR) is 84.5 cm³/mol. The minimum absolute atomic E-state index is 0.147. The van der Waals surface area contributed by atoms with E-state index in [1.807, 2.05) is 13.0 Å². The monoisotopic (exact) mass is 300 g/mol. The second-order valence-electron chi connectivity index (χ2n) is 7.09. The molecule has 3 aliphatic rings. The Bertz CT molecular complexity index is 564. The zero-order chi connectivity index (χ0) is 15.1. The number of carbonyl (C=O) groups is 1. The topological polar surface area (TPSA) is 49.3 Å². The van der Waals surface area contributed by atoms with E-state index in [2.05, 4.69) is 19.8 Å². The quantitative estimate of drug-likeness (QED) is 0.836. The highest BCUT2D eigenvalue weighted by Gasteiger charge is 2.41. The van der Waals surface area contributed by atoms with Gasteiger partial charge in [0.2, 0.25) is 5.91 Å². The SMILES string of the molecule is Cc1nccc(N2CCC(C(=O)N3CC4CCCC4C3)C2)n1. The Morgan fingerprint density at radius 2 is 1.95 bits per heavy atom. The molecule has 3 unspecified atom stereocenters. The van der Waals surface area contributed by atoms with Gasteiger partial charge in [-0.05, 0) is 44.1 Å². The van der Waals surface area contributed by atoms with Crippen LogP contribution in [0.3, 0.4) is 0 Å². The molecule has 118 valence electrons. The van der Waals surface area contributed by atoms with E-state index < -0.39 is 0 Å². The van der Waals surface area contributed by atoms with Crippen molar-refractivity contribution in [2.45, 2.75) is 32.6 Å². The lowest BCUT2D eigenvalue weighted by Crippen LogP contribution is -2.36. The van der Waals surface area contributed by atoms with Crippen LogP contribution in [0, 0.1) is 24.7 Å². The fourth-order valence-corrected chi connectivity index (χ4v) is 4.46. The van der Waals surface area contributed by atoms with E-state index in [1.165, 1.54) is 19.3 Å². The highest BCUT2D eigenvalue weighted by molar-refractivity contribution is 5.80. The summed E-state index contributed by atoms with van der Waals surface area (Å²) in [6.07, 6.45) is 6.76. The minimum Gasteiger partial charge on any atom is -0.356 e. The molecule has 1 aromatic rings. The summed E-state index contributed by atoms with van der Waals surface area (Å²) in [4.78, 5) is 25.8. The fourth-order valence-electron chi connectivity index (χ4n) is 4.46. The van der Waals surface area contributed by atoms with Gasteiger partial charge in [-0.15, -0.1) is 0 Å². The molecular weight excluding hydrogens is 276 g/mol. The summed E-state index contributed by atoms with van der Waals surface area (Å²) in [7, 11) is 0. The van der Waals surface area contributed by atoms with E-state index in [-0.39, 0.29) is 5.92 Å². The van der Waals surface area contributed by atoms with Crippen LogP contribution in [-0.4, -0.2) is 47.0 Å². The third-order valence-electron chi connectivity index (χ3n) is 5.66. The molecule has 1 saturated carbocycles. The van der Waals surface area contributed by atoms with Crippen molar-refractivity contribution >= 4 is 11.7 Å². The normalized spacial score (nSPS) is 30.9. The Kier molecular flexibility index (Phi) is 3.51. The highest BCUT2D eigenvalue weighted by atomic mass is 16.2. The largest absolute Gasteiger partial charge is 0.356 e. The first-order valence-electron chi connectivity index (χ1n) is 8.54. The molecule has 3 fully saturated rings. The van der Waals surface area contributed by atoms with E-state index in [9.17, 15) is 4.79 Å². The summed E-state index contributed by atoms with van der Waals surface area (Å²) in [5.74, 6) is 3.84. The lowest BCUT2D eigenvalue weighted by Gasteiger charge is -2.22. The molecule has 2 saturated heterocycles. The van der Waals surface area contributed by atoms with Crippen LogP contribution in [0.15, 0.2) is 12.3 Å². The van der Waals surface area contributed by atoms with Gasteiger partial charge < -0.3 is 9.80 Å². The lowest BCUT2D eigenvalue weighted by molar-refractivity contribution is -0.134. The Morgan fingerprint density at radius 3 is 2.68 bits per heavy atom. The van der Waals surface area contributed by atoms with Crippen LogP contribution in [0.1, 0.15) is 31.5 Å². The van der Waals surface area contributed by atoms with Crippen LogP contribution in [0.25, 0.3) is 0 Å². The molecule has 0 N–H and O–H groups in total. The van der Waals surface area contributed by atoms with Gasteiger partial charge in [0.25, 0.3) is 0 Å². The number of aromatic nitrogens is 2. The van der Waals surface area contributed by atoms with Crippen molar-refractivity contribution in [3.05, 3.63) is 18.1 Å². The van der Waals surface area contributed by atoms with Crippen LogP contribution in [-0.2, 0) is 4.79 Å². The molecule has 5 heteroatoms. The number of rotatable bonds is 2. The third kappa shape index (κ3) is 2.46. The highest BCUT2D eigenvalue weighted by Crippen LogP contribution is 2.38. The summed E-state index contributed by atoms with van der Waals surface area (Å²) < 4.78 is 0. The molecule has 1 aromatic heterocycles. The fraction of sp³-hybridized carbons (Fsp3) is 0.706. The summed E-state index contributed by atoms with van der Waals surface area (Å²) in [6.45, 7) is 5.65. The summed E-state index contributed by atoms with van der Waals surface area (Å²) in [5.41, 5.74) is 0. The standard InChI is InChI=1S/C17H24N4O/c1-12-18-7-5-16(19-12)20-8-6-15(11-20)17(22)21-9-13-3-2-4-14(13)10-21/h5,7,13-15H,2-4,6,8-11H2,1H3. The van der Waals surface area contributed by atoms with Crippen LogP contribution in [0.2, 0.25) is 0 Å². The zero-order valence-electron chi connectivity index (χ0n) is 13.2. The molecule has 0 aromatic carbocycles. The zero-order valence-corrected chi connectivity index (χ0v) is 13.2. The number of anilines is 1. The third-order valence-corrected chi connectivity index (χ3v) is 5.66. The van der Waals surface area contributed by atoms with Gasteiger partial charge in [0.05, 0.1) is 5.92 Å². The molecule has 22 heavy (non-hydrogen) atoms. The first-order chi connectivity index (χ1) is 10.7. The smallest absolute Gasteiger partial charge is 0.227 e. The first-order valence-corrected chi connectivity index (χ1v) is 8.54. The van der Waals surface area contributed by atoms with Crippen molar-refractivity contribution in [2.75, 3.05) is 31.1 Å². The van der Waals surface area contributed by atoms with Gasteiger partial charge in [0.15, 0.2) is 0 Å². The van der Waals surface area contributed by atoms with Crippen molar-refractivity contribution in [3.63, 3.8) is 0 Å². The number of aryl methyl sites for hydroxylation is 1. The van der Waals surface area contributed by atoms with Gasteiger partial charge in [0.1, 0.15) is 11.6 Å². The first kappa shape index (κ1) is 14.0. The molecule has 0 bridgehead atoms. The summed E-state index contributed by atoms with van der Waals surface area (Å²) in [5, 5.41) is 0. The maximum absolute atomic E-state index is 12.8. The molecule has 0 radical (unpaired) electrons. The van der Waals surface area contributed by atoms with Crippen molar-refractivity contribution in [1.29, 1.82) is 0 Å². The maximum Gasteiger partial charge on any atom is 0.227 e. The van der Waals surface area contributed by atoms with Gasteiger partial charge in [-0.2, -0.15) is 0 Å². The van der Waals surface area contributed by atoms with Crippen LogP contribution < -0.4 is 4.90 Å². The number of carbonyl (C=O) groups excluding carboxylic acids is 1. The van der Waals surface area contributed by atoms with Gasteiger partial charge in [-0.1, -0.05) is 6.42 Å². The summed E-state index contributed by atoms with van der Waals surface area (Å²) in [6, 6.07) is 1.94. The second-order valence-corrected chi connectivity index (χ2v) is 7.09. The molecule has 0 spiro atoms. The molecule has 2 aliphatic heterocycles. The lowest BCUT2D eigenvalue weighted by atomic mass is 10.0. The van der Waals surface area contributed by atoms with Crippen LogP contribution in [0.4, 0.5) is 5.82 Å². The van der Waals surface area contributed by atoms with Gasteiger partial charge >= 0.3 is 0 Å². The number of amides is 1. The maximum atomic E-state index is 12.8. The Morgan fingerprint density at radius 1 is 1.18 bits per heavy atom. The number of fused-ring (bicyclic) bond motifs is 1. The van der Waals surface area contributed by atoms with Gasteiger partial charge in [0, 0.05) is 32.4 Å². The molecule has 4 rings (SSSR count). The molecule has 1 amide bonds. The molecule has 1 aliphatic carbocycles. The van der Waals surface area contributed by atoms with E-state index in [0.29, 0.717) is 5.91 Å². The Hall–Kier alpha value is -1.65. The number of likely N-dealkylation sites (tertiary alicyclic amines) is 1. The second kappa shape index (κ2) is 5.52. The summed E-state index contributed by atoms with van der Waals surface area (Å²) >= 11 is 0. The van der Waals surface area contributed by atoms with E-state index in [1.54, 1.807) is 6.20 Å². The predicted octanol–water partition coefficient (Wildman–Crippen LogP) is 1.87. The van der Waals surface area contributed by atoms with Crippen LogP contribution >= 0.6 is 0 Å². The van der Waals surface area contributed by atoms with Crippen molar-refractivity contribution in [2.24, 2.45) is 17.8 Å². The van der Waals surface area contributed by atoms with Crippen molar-refractivity contribution in [1.82, 2.24) is 14.9 Å². The molecule has 3 atom stereocenters.